The standard InChI is InChI=1S/C30H39N3O4/c1-9-33(28(35)25(17-20(2)3)32-29(36)37-30(6,7)8)26(24-16-15-21(4)22(5)18-24)27(34)31-19-23-13-11-10-12-14-23/h1,10-16,18,20,25-26H,17,19H2,2-8H3,(H,31,34)(H,32,36). The number of carbonyl (C=O) groups excluding carboxylic acids is 3. The molecule has 0 aliphatic heterocycles. The number of aryl methyl sites for hydroxylation is 2. The van der Waals surface area contributed by atoms with Gasteiger partial charge in [0.05, 0.1) is 0 Å². The molecule has 0 saturated heterocycles. The molecule has 3 amide bonds. The molecule has 2 aromatic carbocycles. The molecule has 0 saturated carbocycles. The summed E-state index contributed by atoms with van der Waals surface area (Å²) < 4.78 is 5.37. The van der Waals surface area contributed by atoms with E-state index in [1.807, 2.05) is 70.2 Å². The van der Waals surface area contributed by atoms with Gasteiger partial charge < -0.3 is 15.4 Å². The molecule has 2 N–H and O–H groups in total. The molecule has 0 heterocycles. The largest absolute Gasteiger partial charge is 0.444 e. The number of nitrogens with zero attached hydrogens (tertiary/aromatic N) is 1. The maximum absolute atomic E-state index is 13.8. The monoisotopic (exact) mass is 505 g/mol. The van der Waals surface area contributed by atoms with Crippen LogP contribution in [0.3, 0.4) is 0 Å². The molecule has 37 heavy (non-hydrogen) atoms. The van der Waals surface area contributed by atoms with Crippen LogP contribution < -0.4 is 10.6 Å². The van der Waals surface area contributed by atoms with Crippen molar-refractivity contribution in [3.05, 3.63) is 70.8 Å². The van der Waals surface area contributed by atoms with Crippen molar-refractivity contribution < 1.29 is 19.1 Å². The number of ether oxygens (including phenoxy) is 1. The number of terminal acetylenes is 1. The zero-order valence-electron chi connectivity index (χ0n) is 22.9. The Morgan fingerprint density at radius 2 is 1.68 bits per heavy atom. The summed E-state index contributed by atoms with van der Waals surface area (Å²) in [7, 11) is 0. The first-order valence-corrected chi connectivity index (χ1v) is 12.5. The van der Waals surface area contributed by atoms with Crippen molar-refractivity contribution in [2.75, 3.05) is 0 Å². The Balaban J connectivity index is 2.42. The molecule has 0 fully saturated rings. The highest BCUT2D eigenvalue weighted by atomic mass is 16.6. The molecule has 2 unspecified atom stereocenters. The van der Waals surface area contributed by atoms with Crippen LogP contribution in [0.15, 0.2) is 48.5 Å². The van der Waals surface area contributed by atoms with Gasteiger partial charge in [0.2, 0.25) is 5.91 Å². The van der Waals surface area contributed by atoms with E-state index >= 15 is 0 Å². The second-order valence-electron chi connectivity index (χ2n) is 10.6. The molecule has 0 spiro atoms. The minimum absolute atomic E-state index is 0.0653. The molecular weight excluding hydrogens is 466 g/mol. The minimum atomic E-state index is -1.09. The lowest BCUT2D eigenvalue weighted by Crippen LogP contribution is -2.51. The molecule has 7 nitrogen and oxygen atoms in total. The molecule has 0 aliphatic rings. The van der Waals surface area contributed by atoms with E-state index in [0.717, 1.165) is 21.6 Å². The van der Waals surface area contributed by atoms with Crippen molar-refractivity contribution >= 4 is 17.9 Å². The molecular formula is C30H39N3O4. The highest BCUT2D eigenvalue weighted by Gasteiger charge is 2.36. The zero-order chi connectivity index (χ0) is 27.8. The molecule has 2 aromatic rings. The van der Waals surface area contributed by atoms with Gasteiger partial charge in [0, 0.05) is 12.6 Å². The van der Waals surface area contributed by atoms with Crippen LogP contribution in [0.4, 0.5) is 4.79 Å². The van der Waals surface area contributed by atoms with Crippen LogP contribution in [0.2, 0.25) is 0 Å². The predicted octanol–water partition coefficient (Wildman–Crippen LogP) is 5.02. The summed E-state index contributed by atoms with van der Waals surface area (Å²) in [6, 6.07) is 15.4. The lowest BCUT2D eigenvalue weighted by atomic mass is 9.97. The Bertz CT molecular complexity index is 1130. The number of alkyl carbamates (subject to hydrolysis) is 1. The van der Waals surface area contributed by atoms with E-state index in [9.17, 15) is 14.4 Å². The van der Waals surface area contributed by atoms with Crippen LogP contribution in [0, 0.1) is 32.2 Å². The Morgan fingerprint density at radius 3 is 2.22 bits per heavy atom. The van der Waals surface area contributed by atoms with Gasteiger partial charge in [-0.05, 0) is 69.2 Å². The van der Waals surface area contributed by atoms with Crippen LogP contribution >= 0.6 is 0 Å². The van der Waals surface area contributed by atoms with Gasteiger partial charge in [0.25, 0.3) is 5.91 Å². The quantitative estimate of drug-likeness (QED) is 0.370. The van der Waals surface area contributed by atoms with E-state index in [2.05, 4.69) is 16.7 Å². The first-order chi connectivity index (χ1) is 17.3. The Kier molecular flexibility index (Phi) is 10.3. The average molecular weight is 506 g/mol. The van der Waals surface area contributed by atoms with Gasteiger partial charge in [-0.25, -0.2) is 4.79 Å². The fourth-order valence-electron chi connectivity index (χ4n) is 3.81. The zero-order valence-corrected chi connectivity index (χ0v) is 22.9. The lowest BCUT2D eigenvalue weighted by molar-refractivity contribution is -0.139. The second-order valence-corrected chi connectivity index (χ2v) is 10.6. The number of hydrogen-bond acceptors (Lipinski definition) is 4. The highest BCUT2D eigenvalue weighted by Crippen LogP contribution is 2.25. The fraction of sp³-hybridized carbons (Fsp3) is 0.433. The Labute approximate surface area is 221 Å². The van der Waals surface area contributed by atoms with Gasteiger partial charge in [0.15, 0.2) is 0 Å². The third-order valence-corrected chi connectivity index (χ3v) is 5.74. The fourth-order valence-corrected chi connectivity index (χ4v) is 3.81. The number of hydrogen-bond donors (Lipinski definition) is 2. The van der Waals surface area contributed by atoms with Crippen molar-refractivity contribution in [1.29, 1.82) is 0 Å². The number of benzene rings is 2. The van der Waals surface area contributed by atoms with Crippen LogP contribution in [-0.4, -0.2) is 34.5 Å². The van der Waals surface area contributed by atoms with Crippen molar-refractivity contribution in [3.63, 3.8) is 0 Å². The highest BCUT2D eigenvalue weighted by molar-refractivity contribution is 5.93. The van der Waals surface area contributed by atoms with Crippen molar-refractivity contribution in [3.8, 4) is 12.5 Å². The van der Waals surface area contributed by atoms with Crippen molar-refractivity contribution in [2.45, 2.75) is 79.1 Å². The van der Waals surface area contributed by atoms with E-state index in [-0.39, 0.29) is 12.5 Å². The number of carbonyl (C=O) groups is 3. The number of amides is 3. The van der Waals surface area contributed by atoms with Crippen LogP contribution in [-0.2, 0) is 20.9 Å². The predicted molar refractivity (Wildman–Crippen MR) is 145 cm³/mol. The van der Waals surface area contributed by atoms with Gasteiger partial charge in [0.1, 0.15) is 17.7 Å². The Morgan fingerprint density at radius 1 is 1.03 bits per heavy atom. The van der Waals surface area contributed by atoms with Gasteiger partial charge >= 0.3 is 6.09 Å². The molecule has 0 aliphatic carbocycles. The maximum atomic E-state index is 13.8. The van der Waals surface area contributed by atoms with E-state index in [0.29, 0.717) is 12.0 Å². The maximum Gasteiger partial charge on any atom is 0.408 e. The molecule has 0 bridgehead atoms. The smallest absolute Gasteiger partial charge is 0.408 e. The first-order valence-electron chi connectivity index (χ1n) is 12.5. The molecule has 0 radical (unpaired) electrons. The summed E-state index contributed by atoms with van der Waals surface area (Å²) in [5.41, 5.74) is 2.78. The average Bonchev–Trinajstić information content (AvgIpc) is 2.81. The number of rotatable bonds is 9. The summed E-state index contributed by atoms with van der Waals surface area (Å²) in [5.74, 6) is -0.908. The van der Waals surface area contributed by atoms with Gasteiger partial charge in [-0.2, -0.15) is 0 Å². The first kappa shape index (κ1) is 29.4. The molecule has 0 aromatic heterocycles. The second kappa shape index (κ2) is 13.0. The van der Waals surface area contributed by atoms with Gasteiger partial charge in [-0.15, -0.1) is 0 Å². The third kappa shape index (κ3) is 8.98. The van der Waals surface area contributed by atoms with Gasteiger partial charge in [-0.3, -0.25) is 14.5 Å². The summed E-state index contributed by atoms with van der Waals surface area (Å²) in [6.45, 7) is 13.3. The Hall–Kier alpha value is -3.79. The summed E-state index contributed by atoms with van der Waals surface area (Å²) in [5, 5.41) is 5.58. The molecule has 2 rings (SSSR count). The third-order valence-electron chi connectivity index (χ3n) is 5.74. The van der Waals surface area contributed by atoms with E-state index in [4.69, 9.17) is 11.2 Å². The van der Waals surface area contributed by atoms with Crippen molar-refractivity contribution in [1.82, 2.24) is 15.5 Å². The molecule has 7 heteroatoms. The normalized spacial score (nSPS) is 12.7. The van der Waals surface area contributed by atoms with Crippen LogP contribution in [0.5, 0.6) is 0 Å². The summed E-state index contributed by atoms with van der Waals surface area (Å²) in [6.07, 6.45) is 5.46. The minimum Gasteiger partial charge on any atom is -0.444 e. The molecule has 198 valence electrons. The van der Waals surface area contributed by atoms with Gasteiger partial charge in [-0.1, -0.05) is 68.8 Å². The number of nitrogens with one attached hydrogen (secondary N) is 2. The topological polar surface area (TPSA) is 87.7 Å². The summed E-state index contributed by atoms with van der Waals surface area (Å²) >= 11 is 0. The van der Waals surface area contributed by atoms with Crippen molar-refractivity contribution in [2.24, 2.45) is 5.92 Å². The van der Waals surface area contributed by atoms with Crippen LogP contribution in [0.25, 0.3) is 0 Å². The SMILES string of the molecule is C#CN(C(=O)C(CC(C)C)NC(=O)OC(C)(C)C)C(C(=O)NCc1ccccc1)c1ccc(C)c(C)c1. The van der Waals surface area contributed by atoms with E-state index < -0.39 is 35.6 Å². The van der Waals surface area contributed by atoms with Crippen LogP contribution in [0.1, 0.15) is 69.3 Å². The van der Waals surface area contributed by atoms with E-state index in [1.165, 1.54) is 0 Å². The van der Waals surface area contributed by atoms with E-state index in [1.54, 1.807) is 26.8 Å². The molecule has 2 atom stereocenters. The summed E-state index contributed by atoms with van der Waals surface area (Å²) in [4.78, 5) is 41.0. The lowest BCUT2D eigenvalue weighted by Gasteiger charge is -2.31.